The lowest BCUT2D eigenvalue weighted by molar-refractivity contribution is -0.158. The number of rotatable bonds is 9. The molecule has 0 saturated heterocycles. The zero-order valence-electron chi connectivity index (χ0n) is 17.7. The van der Waals surface area contributed by atoms with Crippen LogP contribution in [0.3, 0.4) is 0 Å². The van der Waals surface area contributed by atoms with Gasteiger partial charge in [-0.1, -0.05) is 41.5 Å². The van der Waals surface area contributed by atoms with Crippen molar-refractivity contribution >= 4 is 18.0 Å². The highest BCUT2D eigenvalue weighted by Gasteiger charge is 2.38. The van der Waals surface area contributed by atoms with E-state index >= 15 is 0 Å². The van der Waals surface area contributed by atoms with Crippen LogP contribution in [0.15, 0.2) is 0 Å². The molecule has 2 atom stereocenters. The van der Waals surface area contributed by atoms with Gasteiger partial charge in [0.15, 0.2) is 0 Å². The number of carbonyl (C=O) groups excluding carboxylic acids is 3. The Balaban J connectivity index is 5.45. The molecule has 26 heavy (non-hydrogen) atoms. The second-order valence-corrected chi connectivity index (χ2v) is 7.66. The Morgan fingerprint density at radius 1 is 0.808 bits per heavy atom. The molecule has 0 aliphatic carbocycles. The summed E-state index contributed by atoms with van der Waals surface area (Å²) in [5.74, 6) is -0.782. The van der Waals surface area contributed by atoms with E-state index < -0.39 is 24.1 Å². The Kier molecular flexibility index (Phi) is 10.3. The van der Waals surface area contributed by atoms with Crippen LogP contribution in [-0.2, 0) is 19.1 Å². The van der Waals surface area contributed by atoms with Crippen LogP contribution in [-0.4, -0.2) is 67.2 Å². The van der Waals surface area contributed by atoms with Crippen LogP contribution in [0.4, 0.5) is 4.79 Å². The van der Waals surface area contributed by atoms with Crippen LogP contribution >= 0.6 is 0 Å². The van der Waals surface area contributed by atoms with Gasteiger partial charge in [-0.15, -0.1) is 0 Å². The molecule has 0 N–H and O–H groups in total. The normalized spacial score (nSPS) is 13.5. The molecule has 0 radical (unpaired) electrons. The second-order valence-electron chi connectivity index (χ2n) is 7.66. The summed E-state index contributed by atoms with van der Waals surface area (Å²) in [4.78, 5) is 40.4. The van der Waals surface area contributed by atoms with Crippen LogP contribution in [0.25, 0.3) is 0 Å². The minimum absolute atomic E-state index is 0.121. The summed E-state index contributed by atoms with van der Waals surface area (Å²) in [6.07, 6.45) is -0.559. The average molecular weight is 373 g/mol. The molecule has 0 saturated carbocycles. The van der Waals surface area contributed by atoms with Crippen LogP contribution < -0.4 is 0 Å². The lowest BCUT2D eigenvalue weighted by Crippen LogP contribution is -2.56. The zero-order chi connectivity index (χ0) is 20.6. The van der Waals surface area contributed by atoms with E-state index in [2.05, 4.69) is 0 Å². The number of esters is 1. The van der Waals surface area contributed by atoms with Crippen molar-refractivity contribution in [3.8, 4) is 0 Å². The van der Waals surface area contributed by atoms with Crippen LogP contribution in [0.1, 0.15) is 48.5 Å². The van der Waals surface area contributed by atoms with Crippen molar-refractivity contribution in [3.63, 3.8) is 0 Å². The van der Waals surface area contributed by atoms with Crippen LogP contribution in [0.5, 0.6) is 0 Å². The maximum Gasteiger partial charge on any atom is 0.410 e. The van der Waals surface area contributed by atoms with E-state index in [0.717, 1.165) is 0 Å². The first kappa shape index (κ1) is 24.2. The zero-order valence-corrected chi connectivity index (χ0v) is 17.7. The third-order valence-corrected chi connectivity index (χ3v) is 4.05. The monoisotopic (exact) mass is 372 g/mol. The van der Waals surface area contributed by atoms with Gasteiger partial charge in [0.25, 0.3) is 0 Å². The molecule has 0 rings (SSSR count). The quantitative estimate of drug-likeness (QED) is 0.582. The van der Waals surface area contributed by atoms with Gasteiger partial charge in [0.05, 0.1) is 13.2 Å². The Hall–Kier alpha value is -1.79. The summed E-state index contributed by atoms with van der Waals surface area (Å²) >= 11 is 0. The summed E-state index contributed by atoms with van der Waals surface area (Å²) in [6.45, 7) is 13.6. The largest absolute Gasteiger partial charge is 0.464 e. The van der Waals surface area contributed by atoms with Crippen molar-refractivity contribution in [1.29, 1.82) is 0 Å². The molecule has 0 aliphatic rings. The first-order valence-corrected chi connectivity index (χ1v) is 9.28. The fourth-order valence-electron chi connectivity index (χ4n) is 2.79. The van der Waals surface area contributed by atoms with E-state index in [-0.39, 0.29) is 30.3 Å². The summed E-state index contributed by atoms with van der Waals surface area (Å²) < 4.78 is 10.4. The number of ether oxygens (including phenoxy) is 2. The molecule has 0 heterocycles. The first-order chi connectivity index (χ1) is 11.9. The fraction of sp³-hybridized carbons (Fsp3) is 0.842. The molecule has 0 aliphatic heterocycles. The van der Waals surface area contributed by atoms with Gasteiger partial charge in [0.2, 0.25) is 5.91 Å². The summed E-state index contributed by atoms with van der Waals surface area (Å²) in [6, 6.07) is -1.43. The molecule has 0 fully saturated rings. The van der Waals surface area contributed by atoms with Crippen molar-refractivity contribution < 1.29 is 23.9 Å². The molecule has 7 heteroatoms. The second kappa shape index (κ2) is 11.0. The maximum absolute atomic E-state index is 13.1. The lowest BCUT2D eigenvalue weighted by Gasteiger charge is -2.36. The smallest absolute Gasteiger partial charge is 0.410 e. The van der Waals surface area contributed by atoms with Crippen molar-refractivity contribution in [2.45, 2.75) is 60.5 Å². The summed E-state index contributed by atoms with van der Waals surface area (Å²) in [7, 11) is 3.12. The van der Waals surface area contributed by atoms with Gasteiger partial charge in [-0.2, -0.15) is 0 Å². The standard InChI is InChI=1S/C19H36N2O5/c1-10-25-19(24)21(9)15(13(4)5)17(22)20(8)16(14(6)7)18(23)26-11-12(2)3/h12-16H,10-11H2,1-9H3. The third kappa shape index (κ3) is 6.84. The molecule has 2 amide bonds. The minimum atomic E-state index is -0.724. The Morgan fingerprint density at radius 3 is 1.69 bits per heavy atom. The average Bonchev–Trinajstić information content (AvgIpc) is 2.52. The first-order valence-electron chi connectivity index (χ1n) is 9.28. The minimum Gasteiger partial charge on any atom is -0.464 e. The molecule has 0 aromatic heterocycles. The van der Waals surface area contributed by atoms with E-state index in [1.807, 2.05) is 41.5 Å². The van der Waals surface area contributed by atoms with E-state index in [4.69, 9.17) is 9.47 Å². The van der Waals surface area contributed by atoms with Gasteiger partial charge in [-0.25, -0.2) is 9.59 Å². The van der Waals surface area contributed by atoms with Crippen molar-refractivity contribution in [2.24, 2.45) is 17.8 Å². The van der Waals surface area contributed by atoms with E-state index in [1.54, 1.807) is 14.0 Å². The fourth-order valence-corrected chi connectivity index (χ4v) is 2.79. The van der Waals surface area contributed by atoms with E-state index in [1.165, 1.54) is 16.8 Å². The van der Waals surface area contributed by atoms with Gasteiger partial charge in [0, 0.05) is 14.1 Å². The van der Waals surface area contributed by atoms with Crippen molar-refractivity contribution in [1.82, 2.24) is 9.80 Å². The number of likely N-dealkylation sites (N-methyl/N-ethyl adjacent to an activating group) is 2. The van der Waals surface area contributed by atoms with Gasteiger partial charge in [0.1, 0.15) is 12.1 Å². The van der Waals surface area contributed by atoms with Gasteiger partial charge in [-0.05, 0) is 24.7 Å². The summed E-state index contributed by atoms with van der Waals surface area (Å²) in [5, 5.41) is 0. The Morgan fingerprint density at radius 2 is 1.31 bits per heavy atom. The van der Waals surface area contributed by atoms with Gasteiger partial charge in [-0.3, -0.25) is 9.69 Å². The molecule has 2 unspecified atom stereocenters. The van der Waals surface area contributed by atoms with Crippen molar-refractivity contribution in [3.05, 3.63) is 0 Å². The van der Waals surface area contributed by atoms with Crippen LogP contribution in [0, 0.1) is 17.8 Å². The third-order valence-electron chi connectivity index (χ3n) is 4.05. The molecular weight excluding hydrogens is 336 g/mol. The molecule has 0 bridgehead atoms. The van der Waals surface area contributed by atoms with Crippen molar-refractivity contribution in [2.75, 3.05) is 27.3 Å². The maximum atomic E-state index is 13.1. The van der Waals surface area contributed by atoms with E-state index in [9.17, 15) is 14.4 Å². The number of hydrogen-bond donors (Lipinski definition) is 0. The predicted octanol–water partition coefficient (Wildman–Crippen LogP) is 2.78. The van der Waals surface area contributed by atoms with Gasteiger partial charge < -0.3 is 14.4 Å². The molecule has 0 aromatic carbocycles. The molecule has 7 nitrogen and oxygen atoms in total. The highest BCUT2D eigenvalue weighted by atomic mass is 16.6. The molecule has 0 aromatic rings. The van der Waals surface area contributed by atoms with Crippen LogP contribution in [0.2, 0.25) is 0 Å². The Labute approximate surface area is 158 Å². The summed E-state index contributed by atoms with van der Waals surface area (Å²) in [5.41, 5.74) is 0. The number of nitrogens with zero attached hydrogens (tertiary/aromatic N) is 2. The highest BCUT2D eigenvalue weighted by molar-refractivity contribution is 5.89. The lowest BCUT2D eigenvalue weighted by atomic mass is 9.98. The molecule has 152 valence electrons. The topological polar surface area (TPSA) is 76.2 Å². The predicted molar refractivity (Wildman–Crippen MR) is 101 cm³/mol. The number of carbonyl (C=O) groups is 3. The van der Waals surface area contributed by atoms with E-state index in [0.29, 0.717) is 6.61 Å². The number of amides is 2. The highest BCUT2D eigenvalue weighted by Crippen LogP contribution is 2.19. The molecule has 0 spiro atoms. The molecular formula is C19H36N2O5. The van der Waals surface area contributed by atoms with Gasteiger partial charge >= 0.3 is 12.1 Å². The SMILES string of the molecule is CCOC(=O)N(C)C(C(=O)N(C)C(C(=O)OCC(C)C)C(C)C)C(C)C. The number of hydrogen-bond acceptors (Lipinski definition) is 5. The Bertz CT molecular complexity index is 477.